The van der Waals surface area contributed by atoms with Crippen molar-refractivity contribution in [3.63, 3.8) is 0 Å². The number of alkyl halides is 1. The number of benzene rings is 1. The molecule has 1 saturated carbocycles. The Labute approximate surface area is 128 Å². The molecule has 2 unspecified atom stereocenters. The van der Waals surface area contributed by atoms with Crippen molar-refractivity contribution >= 4 is 33.4 Å². The normalized spacial score (nSPS) is 23.1. The molecule has 4 heteroatoms. The van der Waals surface area contributed by atoms with Gasteiger partial charge < -0.3 is 4.90 Å². The third-order valence-corrected chi connectivity index (χ3v) is 4.84. The van der Waals surface area contributed by atoms with Gasteiger partial charge in [0.2, 0.25) is 5.91 Å². The largest absolute Gasteiger partial charge is 0.341 e. The maximum atomic E-state index is 12.3. The number of carbonyl (C=O) groups is 1. The van der Waals surface area contributed by atoms with E-state index in [9.17, 15) is 4.79 Å². The highest BCUT2D eigenvalue weighted by Gasteiger charge is 2.29. The van der Waals surface area contributed by atoms with Crippen LogP contribution in [-0.2, 0) is 11.2 Å². The van der Waals surface area contributed by atoms with E-state index in [1.165, 1.54) is 12.8 Å². The van der Waals surface area contributed by atoms with Gasteiger partial charge in [0.15, 0.2) is 0 Å². The molecule has 104 valence electrons. The lowest BCUT2D eigenvalue weighted by Crippen LogP contribution is -2.44. The number of likely N-dealkylation sites (N-methyl/N-ethyl adjacent to an activating group) is 1. The minimum atomic E-state index is 0.104. The van der Waals surface area contributed by atoms with Crippen molar-refractivity contribution in [1.29, 1.82) is 0 Å². The van der Waals surface area contributed by atoms with Crippen LogP contribution < -0.4 is 0 Å². The predicted octanol–water partition coefficient (Wildman–Crippen LogP) is 4.00. The van der Waals surface area contributed by atoms with E-state index in [1.807, 2.05) is 36.2 Å². The summed E-state index contributed by atoms with van der Waals surface area (Å²) in [6.45, 7) is 0. The third kappa shape index (κ3) is 3.96. The summed E-state index contributed by atoms with van der Waals surface area (Å²) in [5.74, 6) is 0.153. The molecular weight excluding hydrogens is 326 g/mol. The molecule has 0 saturated heterocycles. The second-order valence-electron chi connectivity index (χ2n) is 5.18. The number of nitrogens with zero attached hydrogens (tertiary/aromatic N) is 1. The molecule has 0 aliphatic heterocycles. The average molecular weight is 345 g/mol. The van der Waals surface area contributed by atoms with Crippen LogP contribution in [0.15, 0.2) is 28.7 Å². The van der Waals surface area contributed by atoms with Gasteiger partial charge in [0, 0.05) is 17.6 Å². The third-order valence-electron chi connectivity index (χ3n) is 3.81. The van der Waals surface area contributed by atoms with Crippen LogP contribution in [0.5, 0.6) is 0 Å². The van der Waals surface area contributed by atoms with Gasteiger partial charge in [-0.1, -0.05) is 40.9 Å². The molecule has 1 aliphatic carbocycles. The van der Waals surface area contributed by atoms with E-state index >= 15 is 0 Å². The molecule has 0 radical (unpaired) electrons. The van der Waals surface area contributed by atoms with Gasteiger partial charge in [-0.2, -0.15) is 0 Å². The van der Waals surface area contributed by atoms with E-state index in [-0.39, 0.29) is 17.3 Å². The Kier molecular flexibility index (Phi) is 5.28. The van der Waals surface area contributed by atoms with Crippen LogP contribution in [0, 0.1) is 0 Å². The molecule has 0 N–H and O–H groups in total. The molecular formula is C15H19BrClNO. The van der Waals surface area contributed by atoms with E-state index in [0.29, 0.717) is 6.42 Å². The number of carbonyl (C=O) groups excluding carboxylic acids is 1. The summed E-state index contributed by atoms with van der Waals surface area (Å²) in [5, 5.41) is 0.104. The van der Waals surface area contributed by atoms with Crippen LogP contribution in [0.25, 0.3) is 0 Å². The molecule has 1 aromatic carbocycles. The number of hydrogen-bond donors (Lipinski definition) is 0. The second kappa shape index (κ2) is 6.76. The van der Waals surface area contributed by atoms with Gasteiger partial charge in [-0.3, -0.25) is 4.79 Å². The highest BCUT2D eigenvalue weighted by Crippen LogP contribution is 2.27. The summed E-state index contributed by atoms with van der Waals surface area (Å²) < 4.78 is 1.03. The number of rotatable bonds is 3. The summed E-state index contributed by atoms with van der Waals surface area (Å²) in [6.07, 6.45) is 4.84. The van der Waals surface area contributed by atoms with Gasteiger partial charge in [-0.15, -0.1) is 11.6 Å². The molecule has 0 spiro atoms. The molecule has 1 fully saturated rings. The van der Waals surface area contributed by atoms with Crippen LogP contribution in [0.1, 0.15) is 31.2 Å². The molecule has 1 aliphatic rings. The standard InChI is InChI=1S/C15H19BrClNO/c1-18(14-5-3-2-4-13(14)17)15(19)10-11-6-8-12(16)9-7-11/h6-9,13-14H,2-5,10H2,1H3. The maximum Gasteiger partial charge on any atom is 0.227 e. The summed E-state index contributed by atoms with van der Waals surface area (Å²) in [4.78, 5) is 14.1. The smallest absolute Gasteiger partial charge is 0.227 e. The average Bonchev–Trinajstić information content (AvgIpc) is 2.41. The second-order valence-corrected chi connectivity index (χ2v) is 6.65. The van der Waals surface area contributed by atoms with Crippen LogP contribution >= 0.6 is 27.5 Å². The zero-order valence-electron chi connectivity index (χ0n) is 11.1. The number of amides is 1. The summed E-state index contributed by atoms with van der Waals surface area (Å²) in [6, 6.07) is 8.09. The first-order chi connectivity index (χ1) is 9.08. The molecule has 2 nitrogen and oxygen atoms in total. The summed E-state index contributed by atoms with van der Waals surface area (Å²) in [7, 11) is 1.88. The monoisotopic (exact) mass is 343 g/mol. The fraction of sp³-hybridized carbons (Fsp3) is 0.533. The SMILES string of the molecule is CN(C(=O)Cc1ccc(Br)cc1)C1CCCCC1Cl. The van der Waals surface area contributed by atoms with Gasteiger partial charge >= 0.3 is 0 Å². The van der Waals surface area contributed by atoms with Crippen LogP contribution in [0.4, 0.5) is 0 Å². The molecule has 1 amide bonds. The van der Waals surface area contributed by atoms with Gasteiger partial charge in [0.25, 0.3) is 0 Å². The fourth-order valence-corrected chi connectivity index (χ4v) is 3.30. The van der Waals surface area contributed by atoms with Gasteiger partial charge in [0.1, 0.15) is 0 Å². The molecule has 0 heterocycles. The lowest BCUT2D eigenvalue weighted by Gasteiger charge is -2.35. The topological polar surface area (TPSA) is 20.3 Å². The van der Waals surface area contributed by atoms with Gasteiger partial charge in [0.05, 0.1) is 11.8 Å². The van der Waals surface area contributed by atoms with Crippen molar-refractivity contribution in [3.8, 4) is 0 Å². The lowest BCUT2D eigenvalue weighted by molar-refractivity contribution is -0.131. The lowest BCUT2D eigenvalue weighted by atomic mass is 9.93. The molecule has 0 aromatic heterocycles. The van der Waals surface area contributed by atoms with Crippen molar-refractivity contribution in [2.24, 2.45) is 0 Å². The van der Waals surface area contributed by atoms with Gasteiger partial charge in [-0.05, 0) is 30.5 Å². The highest BCUT2D eigenvalue weighted by molar-refractivity contribution is 9.10. The van der Waals surface area contributed by atoms with Crippen molar-refractivity contribution in [3.05, 3.63) is 34.3 Å². The maximum absolute atomic E-state index is 12.3. The molecule has 2 rings (SSSR count). The zero-order chi connectivity index (χ0) is 13.8. The fourth-order valence-electron chi connectivity index (χ4n) is 2.59. The van der Waals surface area contributed by atoms with Crippen LogP contribution in [-0.4, -0.2) is 29.3 Å². The zero-order valence-corrected chi connectivity index (χ0v) is 13.5. The Morgan fingerprint density at radius 1 is 1.32 bits per heavy atom. The first-order valence-electron chi connectivity index (χ1n) is 6.72. The highest BCUT2D eigenvalue weighted by atomic mass is 79.9. The summed E-state index contributed by atoms with van der Waals surface area (Å²) >= 11 is 9.74. The van der Waals surface area contributed by atoms with Crippen LogP contribution in [0.3, 0.4) is 0 Å². The summed E-state index contributed by atoms with van der Waals surface area (Å²) in [5.41, 5.74) is 1.04. The quantitative estimate of drug-likeness (QED) is 0.759. The van der Waals surface area contributed by atoms with Crippen molar-refractivity contribution in [1.82, 2.24) is 4.90 Å². The number of halogens is 2. The van der Waals surface area contributed by atoms with Crippen LogP contribution in [0.2, 0.25) is 0 Å². The Bertz CT molecular complexity index is 434. The molecule has 0 bridgehead atoms. The van der Waals surface area contributed by atoms with Crippen molar-refractivity contribution in [2.75, 3.05) is 7.05 Å². The predicted molar refractivity (Wildman–Crippen MR) is 82.5 cm³/mol. The number of hydrogen-bond acceptors (Lipinski definition) is 1. The Hall–Kier alpha value is -0.540. The van der Waals surface area contributed by atoms with Crippen molar-refractivity contribution in [2.45, 2.75) is 43.5 Å². The molecule has 1 aromatic rings. The van der Waals surface area contributed by atoms with Gasteiger partial charge in [-0.25, -0.2) is 0 Å². The first-order valence-corrected chi connectivity index (χ1v) is 7.95. The first kappa shape index (κ1) is 14.9. The van der Waals surface area contributed by atoms with E-state index in [0.717, 1.165) is 22.9 Å². The van der Waals surface area contributed by atoms with E-state index in [2.05, 4.69) is 15.9 Å². The molecule has 19 heavy (non-hydrogen) atoms. The Morgan fingerprint density at radius 2 is 1.95 bits per heavy atom. The minimum absolute atomic E-state index is 0.104. The van der Waals surface area contributed by atoms with E-state index in [1.54, 1.807) is 0 Å². The Morgan fingerprint density at radius 3 is 2.58 bits per heavy atom. The Balaban J connectivity index is 1.96. The molecule has 2 atom stereocenters. The van der Waals surface area contributed by atoms with Crippen molar-refractivity contribution < 1.29 is 4.79 Å². The van der Waals surface area contributed by atoms with E-state index < -0.39 is 0 Å². The van der Waals surface area contributed by atoms with E-state index in [4.69, 9.17) is 11.6 Å². The minimum Gasteiger partial charge on any atom is -0.341 e.